The van der Waals surface area contributed by atoms with E-state index < -0.39 is 5.54 Å². The van der Waals surface area contributed by atoms with Crippen LogP contribution >= 0.6 is 0 Å². The number of hydrogen-bond acceptors (Lipinski definition) is 4. The standard InChI is InChI=1S/C28H27N5/c1-30-26-18-17-25(27(29)32-26)21-19-31-33(20-21)28(22-11-5-2-6-12-22,23-13-7-3-8-14-23)24-15-9-4-10-16-24/h2-9,11-15,17-20H,10,16H2,1H3,(H3,29,30,32). The van der Waals surface area contributed by atoms with Gasteiger partial charge in [0.1, 0.15) is 17.2 Å². The molecule has 0 unspecified atom stereocenters. The first-order valence-corrected chi connectivity index (χ1v) is 11.2. The van der Waals surface area contributed by atoms with Crippen LogP contribution in [0.4, 0.5) is 11.6 Å². The van der Waals surface area contributed by atoms with Gasteiger partial charge in [-0.25, -0.2) is 4.98 Å². The Morgan fingerprint density at radius 1 is 0.939 bits per heavy atom. The molecule has 1 aliphatic rings. The molecule has 2 aromatic carbocycles. The predicted octanol–water partition coefficient (Wildman–Crippen LogP) is 5.64. The lowest BCUT2D eigenvalue weighted by Gasteiger charge is -2.38. The quantitative estimate of drug-likeness (QED) is 0.413. The zero-order valence-corrected chi connectivity index (χ0v) is 18.6. The summed E-state index contributed by atoms with van der Waals surface area (Å²) in [4.78, 5) is 4.45. The van der Waals surface area contributed by atoms with Gasteiger partial charge in [0.25, 0.3) is 0 Å². The summed E-state index contributed by atoms with van der Waals surface area (Å²) in [6.45, 7) is 0. The fourth-order valence-electron chi connectivity index (χ4n) is 4.72. The van der Waals surface area contributed by atoms with Crippen molar-refractivity contribution in [3.8, 4) is 11.1 Å². The van der Waals surface area contributed by atoms with Crippen LogP contribution < -0.4 is 11.1 Å². The summed E-state index contributed by atoms with van der Waals surface area (Å²) in [5.74, 6) is 1.22. The van der Waals surface area contributed by atoms with E-state index in [-0.39, 0.29) is 0 Å². The molecule has 0 radical (unpaired) electrons. The number of pyridine rings is 1. The van der Waals surface area contributed by atoms with E-state index in [0.29, 0.717) is 5.82 Å². The number of nitrogens with one attached hydrogen (secondary N) is 1. The second-order valence-corrected chi connectivity index (χ2v) is 8.15. The van der Waals surface area contributed by atoms with Gasteiger partial charge < -0.3 is 11.1 Å². The number of aromatic nitrogens is 3. The molecule has 5 rings (SSSR count). The van der Waals surface area contributed by atoms with Crippen molar-refractivity contribution >= 4 is 11.6 Å². The van der Waals surface area contributed by atoms with Crippen LogP contribution in [0, 0.1) is 0 Å². The molecule has 4 aromatic rings. The molecule has 2 heterocycles. The molecule has 0 saturated heterocycles. The van der Waals surface area contributed by atoms with E-state index in [1.807, 2.05) is 25.4 Å². The average Bonchev–Trinajstić information content (AvgIpc) is 3.36. The van der Waals surface area contributed by atoms with E-state index in [2.05, 4.69) is 100 Å². The van der Waals surface area contributed by atoms with Crippen LogP contribution in [0.2, 0.25) is 0 Å². The Balaban J connectivity index is 1.76. The van der Waals surface area contributed by atoms with Gasteiger partial charge in [0, 0.05) is 24.4 Å². The predicted molar refractivity (Wildman–Crippen MR) is 135 cm³/mol. The molecule has 3 N–H and O–H groups in total. The molecule has 0 bridgehead atoms. The highest BCUT2D eigenvalue weighted by Crippen LogP contribution is 2.44. The van der Waals surface area contributed by atoms with Gasteiger partial charge in [0.05, 0.1) is 6.20 Å². The summed E-state index contributed by atoms with van der Waals surface area (Å²) in [5, 5.41) is 7.97. The number of benzene rings is 2. The molecule has 0 spiro atoms. The van der Waals surface area contributed by atoms with Crippen LogP contribution in [0.3, 0.4) is 0 Å². The monoisotopic (exact) mass is 433 g/mol. The van der Waals surface area contributed by atoms with E-state index in [9.17, 15) is 0 Å². The van der Waals surface area contributed by atoms with Crippen LogP contribution in [-0.2, 0) is 5.54 Å². The third-order valence-electron chi connectivity index (χ3n) is 6.28. The van der Waals surface area contributed by atoms with Crippen LogP contribution in [0.5, 0.6) is 0 Å². The lowest BCUT2D eigenvalue weighted by Crippen LogP contribution is -2.39. The van der Waals surface area contributed by atoms with Crippen molar-refractivity contribution in [2.45, 2.75) is 18.4 Å². The first-order valence-electron chi connectivity index (χ1n) is 11.2. The fourth-order valence-corrected chi connectivity index (χ4v) is 4.72. The third kappa shape index (κ3) is 3.61. The van der Waals surface area contributed by atoms with Crippen LogP contribution in [0.1, 0.15) is 24.0 Å². The third-order valence-corrected chi connectivity index (χ3v) is 6.28. The molecule has 2 aromatic heterocycles. The largest absolute Gasteiger partial charge is 0.383 e. The van der Waals surface area contributed by atoms with Crippen LogP contribution in [0.25, 0.3) is 11.1 Å². The first-order chi connectivity index (χ1) is 16.2. The van der Waals surface area contributed by atoms with Crippen LogP contribution in [0.15, 0.2) is 109 Å². The van der Waals surface area contributed by atoms with E-state index >= 15 is 0 Å². The van der Waals surface area contributed by atoms with E-state index in [1.54, 1.807) is 0 Å². The molecule has 0 atom stereocenters. The Morgan fingerprint density at radius 3 is 2.21 bits per heavy atom. The average molecular weight is 434 g/mol. The maximum Gasteiger partial charge on any atom is 0.134 e. The minimum atomic E-state index is -0.571. The van der Waals surface area contributed by atoms with Gasteiger partial charge in [0.2, 0.25) is 0 Å². The van der Waals surface area contributed by atoms with Gasteiger partial charge in [-0.15, -0.1) is 0 Å². The summed E-state index contributed by atoms with van der Waals surface area (Å²) >= 11 is 0. The SMILES string of the molecule is CNc1ccc(-c2cnn(C(C3=CC=CCC3)(c3ccccc3)c3ccccc3)c2)c(N)n1. The fraction of sp³-hybridized carbons (Fsp3) is 0.143. The minimum Gasteiger partial charge on any atom is -0.383 e. The molecule has 0 aliphatic heterocycles. The van der Waals surface area contributed by atoms with E-state index in [4.69, 9.17) is 10.8 Å². The molecule has 0 fully saturated rings. The number of anilines is 2. The van der Waals surface area contributed by atoms with Crippen LogP contribution in [-0.4, -0.2) is 21.8 Å². The molecule has 5 nitrogen and oxygen atoms in total. The van der Waals surface area contributed by atoms with Gasteiger partial charge in [-0.05, 0) is 41.7 Å². The van der Waals surface area contributed by atoms with Gasteiger partial charge >= 0.3 is 0 Å². The highest BCUT2D eigenvalue weighted by Gasteiger charge is 2.40. The topological polar surface area (TPSA) is 68.8 Å². The molecule has 1 aliphatic carbocycles. The zero-order chi connectivity index (χ0) is 22.7. The smallest absolute Gasteiger partial charge is 0.134 e. The summed E-state index contributed by atoms with van der Waals surface area (Å²) < 4.78 is 2.09. The second-order valence-electron chi connectivity index (χ2n) is 8.15. The van der Waals surface area contributed by atoms with Crippen molar-refractivity contribution < 1.29 is 0 Å². The second kappa shape index (κ2) is 8.79. The maximum absolute atomic E-state index is 6.30. The van der Waals surface area contributed by atoms with Crippen molar-refractivity contribution in [3.05, 3.63) is 120 Å². The van der Waals surface area contributed by atoms with Crippen molar-refractivity contribution in [2.75, 3.05) is 18.1 Å². The Labute approximate surface area is 194 Å². The Bertz CT molecular complexity index is 1260. The van der Waals surface area contributed by atoms with Crippen molar-refractivity contribution in [1.82, 2.24) is 14.8 Å². The molecule has 0 amide bonds. The van der Waals surface area contributed by atoms with E-state index in [0.717, 1.165) is 29.8 Å². The molecule has 0 saturated carbocycles. The number of nitrogen functional groups attached to an aromatic ring is 1. The Hall–Kier alpha value is -4.12. The molecular formula is C28H27N5. The van der Waals surface area contributed by atoms with Gasteiger partial charge in [-0.3, -0.25) is 4.68 Å². The maximum atomic E-state index is 6.30. The Kier molecular flexibility index (Phi) is 5.53. The van der Waals surface area contributed by atoms with Crippen molar-refractivity contribution in [2.24, 2.45) is 0 Å². The lowest BCUT2D eigenvalue weighted by atomic mass is 9.74. The molecule has 164 valence electrons. The number of hydrogen-bond donors (Lipinski definition) is 2. The summed E-state index contributed by atoms with van der Waals surface area (Å²) in [5.41, 5.74) is 11.2. The zero-order valence-electron chi connectivity index (χ0n) is 18.6. The number of allylic oxidation sites excluding steroid dienone is 4. The van der Waals surface area contributed by atoms with E-state index in [1.165, 1.54) is 16.7 Å². The summed E-state index contributed by atoms with van der Waals surface area (Å²) in [6, 6.07) is 25.1. The first kappa shape index (κ1) is 20.8. The summed E-state index contributed by atoms with van der Waals surface area (Å²) in [6.07, 6.45) is 12.5. The van der Waals surface area contributed by atoms with Gasteiger partial charge in [-0.2, -0.15) is 5.10 Å². The normalized spacial score (nSPS) is 13.5. The highest BCUT2D eigenvalue weighted by atomic mass is 15.3. The van der Waals surface area contributed by atoms with Gasteiger partial charge in [-0.1, -0.05) is 78.9 Å². The molecule has 5 heteroatoms. The Morgan fingerprint density at radius 2 is 1.64 bits per heavy atom. The lowest BCUT2D eigenvalue weighted by molar-refractivity contribution is 0.437. The number of nitrogens with two attached hydrogens (primary N) is 1. The minimum absolute atomic E-state index is 0.478. The number of nitrogens with zero attached hydrogens (tertiary/aromatic N) is 3. The molecule has 33 heavy (non-hydrogen) atoms. The van der Waals surface area contributed by atoms with Gasteiger partial charge in [0.15, 0.2) is 0 Å². The number of rotatable bonds is 6. The van der Waals surface area contributed by atoms with Crippen molar-refractivity contribution in [3.63, 3.8) is 0 Å². The molecular weight excluding hydrogens is 406 g/mol. The highest BCUT2D eigenvalue weighted by molar-refractivity contribution is 5.74. The summed E-state index contributed by atoms with van der Waals surface area (Å²) in [7, 11) is 1.83. The van der Waals surface area contributed by atoms with Crippen molar-refractivity contribution in [1.29, 1.82) is 0 Å².